The van der Waals surface area contributed by atoms with Gasteiger partial charge in [0.25, 0.3) is 0 Å². The van der Waals surface area contributed by atoms with E-state index in [4.69, 9.17) is 17.0 Å². The van der Waals surface area contributed by atoms with Gasteiger partial charge in [-0.15, -0.1) is 0 Å². The van der Waals surface area contributed by atoms with Gasteiger partial charge in [0.1, 0.15) is 0 Å². The summed E-state index contributed by atoms with van der Waals surface area (Å²) >= 11 is 5.25. The zero-order chi connectivity index (χ0) is 20.1. The Bertz CT molecular complexity index is 805. The first-order valence-corrected chi connectivity index (χ1v) is 9.41. The smallest absolute Gasteiger partial charge is 0.378 e. The van der Waals surface area contributed by atoms with Crippen LogP contribution >= 0.6 is 12.2 Å². The number of ether oxygens (including phenoxy) is 1. The molecule has 28 heavy (non-hydrogen) atoms. The van der Waals surface area contributed by atoms with Crippen LogP contribution in [0.2, 0.25) is 0 Å². The van der Waals surface area contributed by atoms with Crippen molar-refractivity contribution in [1.82, 2.24) is 5.32 Å². The molecule has 0 aromatic heterocycles. The minimum atomic E-state index is -4.39. The van der Waals surface area contributed by atoms with Crippen LogP contribution in [0.4, 0.5) is 24.5 Å². The quantitative estimate of drug-likeness (QED) is 0.723. The molecule has 0 radical (unpaired) electrons. The standard InChI is InChI=1S/C20H22F3N3OS/c1-14(15-5-7-18(8-6-15)26-9-11-27-12-10-26)24-19(28)25-17-4-2-3-16(13-17)20(21,22)23/h2-8,13-14H,9-12H2,1H3,(H2,24,25,28). The molecular weight excluding hydrogens is 387 g/mol. The zero-order valence-electron chi connectivity index (χ0n) is 15.4. The lowest BCUT2D eigenvalue weighted by atomic mass is 10.1. The van der Waals surface area contributed by atoms with Crippen molar-refractivity contribution in [3.8, 4) is 0 Å². The molecular formula is C20H22F3N3OS. The Morgan fingerprint density at radius 2 is 1.79 bits per heavy atom. The molecule has 1 atom stereocenters. The molecule has 0 bridgehead atoms. The van der Waals surface area contributed by atoms with Gasteiger partial charge in [-0.2, -0.15) is 13.2 Å². The van der Waals surface area contributed by atoms with Gasteiger partial charge in [-0.3, -0.25) is 0 Å². The van der Waals surface area contributed by atoms with Gasteiger partial charge >= 0.3 is 6.18 Å². The van der Waals surface area contributed by atoms with Gasteiger partial charge in [0.2, 0.25) is 0 Å². The number of hydrogen-bond acceptors (Lipinski definition) is 3. The SMILES string of the molecule is CC(NC(=S)Nc1cccc(C(F)(F)F)c1)c1ccc(N2CCOCC2)cc1. The molecule has 1 saturated heterocycles. The van der Waals surface area contributed by atoms with Crippen LogP contribution < -0.4 is 15.5 Å². The lowest BCUT2D eigenvalue weighted by Crippen LogP contribution is -2.36. The fourth-order valence-electron chi connectivity index (χ4n) is 3.02. The summed E-state index contributed by atoms with van der Waals surface area (Å²) in [4.78, 5) is 2.27. The average Bonchev–Trinajstić information content (AvgIpc) is 2.68. The van der Waals surface area contributed by atoms with Crippen molar-refractivity contribution < 1.29 is 17.9 Å². The van der Waals surface area contributed by atoms with Gasteiger partial charge in [0.05, 0.1) is 24.8 Å². The van der Waals surface area contributed by atoms with Gasteiger partial charge in [-0.1, -0.05) is 18.2 Å². The summed E-state index contributed by atoms with van der Waals surface area (Å²) in [6.45, 7) is 5.16. The number of anilines is 2. The highest BCUT2D eigenvalue weighted by Crippen LogP contribution is 2.30. The maximum atomic E-state index is 12.8. The molecule has 0 aliphatic carbocycles. The molecule has 150 valence electrons. The molecule has 2 N–H and O–H groups in total. The Morgan fingerprint density at radius 3 is 2.43 bits per heavy atom. The van der Waals surface area contributed by atoms with Gasteiger partial charge in [-0.05, 0) is 55.0 Å². The van der Waals surface area contributed by atoms with Crippen molar-refractivity contribution in [2.45, 2.75) is 19.1 Å². The van der Waals surface area contributed by atoms with Crippen LogP contribution in [0.15, 0.2) is 48.5 Å². The van der Waals surface area contributed by atoms with Crippen LogP contribution in [-0.2, 0) is 10.9 Å². The number of thiocarbonyl (C=S) groups is 1. The van der Waals surface area contributed by atoms with Crippen LogP contribution in [0.1, 0.15) is 24.1 Å². The maximum Gasteiger partial charge on any atom is 0.416 e. The van der Waals surface area contributed by atoms with E-state index >= 15 is 0 Å². The summed E-state index contributed by atoms with van der Waals surface area (Å²) in [5.74, 6) is 0. The van der Waals surface area contributed by atoms with Gasteiger partial charge in [0, 0.05) is 24.5 Å². The number of nitrogens with zero attached hydrogens (tertiary/aromatic N) is 1. The molecule has 0 spiro atoms. The lowest BCUT2D eigenvalue weighted by Gasteiger charge is -2.29. The molecule has 8 heteroatoms. The number of benzene rings is 2. The highest BCUT2D eigenvalue weighted by Gasteiger charge is 2.30. The molecule has 2 aromatic carbocycles. The van der Waals surface area contributed by atoms with E-state index in [0.29, 0.717) is 5.69 Å². The highest BCUT2D eigenvalue weighted by atomic mass is 32.1. The number of rotatable bonds is 4. The third-order valence-corrected chi connectivity index (χ3v) is 4.78. The maximum absolute atomic E-state index is 12.8. The fraction of sp³-hybridized carbons (Fsp3) is 0.350. The summed E-state index contributed by atoms with van der Waals surface area (Å²) in [5, 5.41) is 6.19. The van der Waals surface area contributed by atoms with Crippen LogP contribution in [0.25, 0.3) is 0 Å². The van der Waals surface area contributed by atoms with E-state index in [0.717, 1.165) is 49.7 Å². The number of halogens is 3. The van der Waals surface area contributed by atoms with Gasteiger partial charge in [0.15, 0.2) is 5.11 Å². The lowest BCUT2D eigenvalue weighted by molar-refractivity contribution is -0.137. The second kappa shape index (κ2) is 8.79. The average molecular weight is 409 g/mol. The fourth-order valence-corrected chi connectivity index (χ4v) is 3.31. The van der Waals surface area contributed by atoms with Crippen LogP contribution in [0.3, 0.4) is 0 Å². The van der Waals surface area contributed by atoms with E-state index in [1.165, 1.54) is 6.07 Å². The van der Waals surface area contributed by atoms with E-state index in [9.17, 15) is 13.2 Å². The van der Waals surface area contributed by atoms with Gasteiger partial charge < -0.3 is 20.3 Å². The summed E-state index contributed by atoms with van der Waals surface area (Å²) in [6, 6.07) is 13.0. The van der Waals surface area contributed by atoms with E-state index < -0.39 is 11.7 Å². The normalized spacial score (nSPS) is 15.8. The summed E-state index contributed by atoms with van der Waals surface area (Å²) in [6.07, 6.45) is -4.39. The molecule has 1 aliphatic rings. The van der Waals surface area contributed by atoms with Crippen molar-refractivity contribution in [3.05, 3.63) is 59.7 Å². The Morgan fingerprint density at radius 1 is 1.11 bits per heavy atom. The summed E-state index contributed by atoms with van der Waals surface area (Å²) in [7, 11) is 0. The van der Waals surface area contributed by atoms with E-state index in [2.05, 4.69) is 27.7 Å². The third kappa shape index (κ3) is 5.36. The molecule has 1 fully saturated rings. The monoisotopic (exact) mass is 409 g/mol. The molecule has 2 aromatic rings. The van der Waals surface area contributed by atoms with Crippen molar-refractivity contribution in [2.75, 3.05) is 36.5 Å². The topological polar surface area (TPSA) is 36.5 Å². The second-order valence-corrected chi connectivity index (χ2v) is 7.00. The highest BCUT2D eigenvalue weighted by molar-refractivity contribution is 7.80. The summed E-state index contributed by atoms with van der Waals surface area (Å²) < 4.78 is 43.8. The van der Waals surface area contributed by atoms with E-state index in [1.54, 1.807) is 6.07 Å². The van der Waals surface area contributed by atoms with Crippen LogP contribution in [-0.4, -0.2) is 31.4 Å². The number of nitrogens with one attached hydrogen (secondary N) is 2. The first kappa shape index (κ1) is 20.4. The van der Waals surface area contributed by atoms with Crippen LogP contribution in [0, 0.1) is 0 Å². The zero-order valence-corrected chi connectivity index (χ0v) is 16.2. The van der Waals surface area contributed by atoms with Gasteiger partial charge in [-0.25, -0.2) is 0 Å². The van der Waals surface area contributed by atoms with Crippen molar-refractivity contribution in [2.24, 2.45) is 0 Å². The Balaban J connectivity index is 1.58. The molecule has 0 amide bonds. The van der Waals surface area contributed by atoms with Crippen LogP contribution in [0.5, 0.6) is 0 Å². The summed E-state index contributed by atoms with van der Waals surface area (Å²) in [5.41, 5.74) is 1.75. The molecule has 0 saturated carbocycles. The molecule has 1 aliphatic heterocycles. The Labute approximate surface area is 167 Å². The first-order valence-electron chi connectivity index (χ1n) is 9.00. The minimum Gasteiger partial charge on any atom is -0.378 e. The van der Waals surface area contributed by atoms with Crippen molar-refractivity contribution in [3.63, 3.8) is 0 Å². The van der Waals surface area contributed by atoms with Crippen molar-refractivity contribution >= 4 is 28.7 Å². The number of morpholine rings is 1. The predicted molar refractivity (Wildman–Crippen MR) is 109 cm³/mol. The molecule has 4 nitrogen and oxygen atoms in total. The molecule has 1 heterocycles. The number of hydrogen-bond donors (Lipinski definition) is 2. The van der Waals surface area contributed by atoms with E-state index in [-0.39, 0.29) is 11.2 Å². The minimum absolute atomic E-state index is 0.0930. The van der Waals surface area contributed by atoms with E-state index in [1.807, 2.05) is 19.1 Å². The largest absolute Gasteiger partial charge is 0.416 e. The molecule has 3 rings (SSSR count). The third-order valence-electron chi connectivity index (χ3n) is 4.56. The predicted octanol–water partition coefficient (Wildman–Crippen LogP) is 4.59. The molecule has 1 unspecified atom stereocenters. The Kier molecular flexibility index (Phi) is 6.41. The second-order valence-electron chi connectivity index (χ2n) is 6.59. The number of alkyl halides is 3. The first-order chi connectivity index (χ1) is 13.3. The Hall–Kier alpha value is -2.32. The van der Waals surface area contributed by atoms with Crippen molar-refractivity contribution in [1.29, 1.82) is 0 Å².